The topological polar surface area (TPSA) is 17.8 Å². The molecule has 2 nitrogen and oxygen atoms in total. The zero-order valence-corrected chi connectivity index (χ0v) is 13.9. The Morgan fingerprint density at radius 2 is 1.38 bits per heavy atom. The Hall–Kier alpha value is -3.27. The van der Waals surface area contributed by atoms with Gasteiger partial charge < -0.3 is 4.57 Å². The van der Waals surface area contributed by atoms with Gasteiger partial charge in [0.2, 0.25) is 0 Å². The molecule has 0 radical (unpaired) electrons. The van der Waals surface area contributed by atoms with Crippen molar-refractivity contribution < 1.29 is 8.78 Å². The van der Waals surface area contributed by atoms with Gasteiger partial charge in [-0.15, -0.1) is 0 Å². The molecule has 0 aliphatic rings. The molecule has 0 N–H and O–H groups in total. The highest BCUT2D eigenvalue weighted by Gasteiger charge is 2.38. The second kappa shape index (κ2) is 6.56. The molecule has 4 heteroatoms. The summed E-state index contributed by atoms with van der Waals surface area (Å²) in [5.41, 5.74) is 1.60. The quantitative estimate of drug-likeness (QED) is 0.475. The number of hydrogen-bond donors (Lipinski definition) is 0. The van der Waals surface area contributed by atoms with Gasteiger partial charge in [-0.2, -0.15) is 0 Å². The third-order valence-electron chi connectivity index (χ3n) is 4.59. The fraction of sp³-hybridized carbons (Fsp3) is 0.0455. The van der Waals surface area contributed by atoms with Crippen LogP contribution in [-0.2, 0) is 5.54 Å². The lowest BCUT2D eigenvalue weighted by Crippen LogP contribution is -2.37. The van der Waals surface area contributed by atoms with E-state index in [4.69, 9.17) is 0 Å². The highest BCUT2D eigenvalue weighted by atomic mass is 19.1. The van der Waals surface area contributed by atoms with E-state index in [1.807, 2.05) is 47.2 Å². The molecule has 0 aliphatic carbocycles. The molecule has 128 valence electrons. The van der Waals surface area contributed by atoms with E-state index in [1.54, 1.807) is 30.7 Å². The van der Waals surface area contributed by atoms with Gasteiger partial charge in [0.15, 0.2) is 0 Å². The van der Waals surface area contributed by atoms with Gasteiger partial charge in [0.05, 0.1) is 6.33 Å². The lowest BCUT2D eigenvalue weighted by molar-refractivity contribution is 0.507. The third kappa shape index (κ3) is 2.60. The standard InChI is InChI=1S/C22H16F2N2/c23-20-11-9-18(10-12-20)22(26-14-13-25-16-26,17-5-2-1-3-6-17)19-7-4-8-21(24)15-19/h1-16H. The summed E-state index contributed by atoms with van der Waals surface area (Å²) in [6.07, 6.45) is 5.21. The minimum atomic E-state index is -0.868. The van der Waals surface area contributed by atoms with Crippen LogP contribution >= 0.6 is 0 Å². The number of hydrogen-bond acceptors (Lipinski definition) is 1. The van der Waals surface area contributed by atoms with Crippen molar-refractivity contribution in [1.82, 2.24) is 9.55 Å². The van der Waals surface area contributed by atoms with E-state index in [0.29, 0.717) is 0 Å². The van der Waals surface area contributed by atoms with E-state index < -0.39 is 5.54 Å². The van der Waals surface area contributed by atoms with Crippen molar-refractivity contribution in [3.63, 3.8) is 0 Å². The Balaban J connectivity index is 2.12. The average molecular weight is 346 g/mol. The Morgan fingerprint density at radius 3 is 2.04 bits per heavy atom. The molecular weight excluding hydrogens is 330 g/mol. The smallest absolute Gasteiger partial charge is 0.123 e. The first-order valence-electron chi connectivity index (χ1n) is 8.27. The van der Waals surface area contributed by atoms with Gasteiger partial charge in [-0.05, 0) is 41.0 Å². The number of rotatable bonds is 4. The zero-order valence-electron chi connectivity index (χ0n) is 13.9. The van der Waals surface area contributed by atoms with E-state index in [-0.39, 0.29) is 11.6 Å². The fourth-order valence-corrected chi connectivity index (χ4v) is 3.49. The van der Waals surface area contributed by atoms with Crippen LogP contribution < -0.4 is 0 Å². The fourth-order valence-electron chi connectivity index (χ4n) is 3.49. The molecule has 1 atom stereocenters. The summed E-state index contributed by atoms with van der Waals surface area (Å²) in [5.74, 6) is -0.648. The largest absolute Gasteiger partial charge is 0.319 e. The second-order valence-electron chi connectivity index (χ2n) is 6.06. The highest BCUT2D eigenvalue weighted by Crippen LogP contribution is 2.40. The molecule has 26 heavy (non-hydrogen) atoms. The molecule has 1 aromatic heterocycles. The van der Waals surface area contributed by atoms with Crippen molar-refractivity contribution in [2.24, 2.45) is 0 Å². The van der Waals surface area contributed by atoms with Gasteiger partial charge in [0.25, 0.3) is 0 Å². The van der Waals surface area contributed by atoms with Crippen molar-refractivity contribution in [2.45, 2.75) is 5.54 Å². The molecular formula is C22H16F2N2. The van der Waals surface area contributed by atoms with Gasteiger partial charge in [-0.1, -0.05) is 54.6 Å². The number of halogens is 2. The van der Waals surface area contributed by atoms with Crippen LogP contribution in [0.4, 0.5) is 8.78 Å². The van der Waals surface area contributed by atoms with Crippen molar-refractivity contribution in [1.29, 1.82) is 0 Å². The minimum Gasteiger partial charge on any atom is -0.319 e. The van der Waals surface area contributed by atoms with Crippen LogP contribution in [0.15, 0.2) is 97.6 Å². The van der Waals surface area contributed by atoms with Crippen LogP contribution in [-0.4, -0.2) is 9.55 Å². The maximum absolute atomic E-state index is 14.1. The number of nitrogens with zero attached hydrogens (tertiary/aromatic N) is 2. The van der Waals surface area contributed by atoms with Crippen LogP contribution in [0.5, 0.6) is 0 Å². The Bertz CT molecular complexity index is 996. The summed E-state index contributed by atoms with van der Waals surface area (Å²) in [7, 11) is 0. The predicted octanol–water partition coefficient (Wildman–Crippen LogP) is 5.00. The van der Waals surface area contributed by atoms with E-state index in [0.717, 1.165) is 16.7 Å². The monoisotopic (exact) mass is 346 g/mol. The van der Waals surface area contributed by atoms with Gasteiger partial charge >= 0.3 is 0 Å². The molecule has 1 heterocycles. The Labute approximate surface area is 150 Å². The van der Waals surface area contributed by atoms with Crippen LogP contribution in [0.3, 0.4) is 0 Å². The number of aromatic nitrogens is 2. The first-order chi connectivity index (χ1) is 12.7. The summed E-state index contributed by atoms with van der Waals surface area (Å²) >= 11 is 0. The Kier molecular flexibility index (Phi) is 4.09. The van der Waals surface area contributed by atoms with Crippen molar-refractivity contribution in [3.8, 4) is 0 Å². The lowest BCUT2D eigenvalue weighted by atomic mass is 9.76. The normalized spacial score (nSPS) is 13.3. The molecule has 4 aromatic rings. The summed E-state index contributed by atoms with van der Waals surface area (Å²) in [6.45, 7) is 0. The zero-order chi connectivity index (χ0) is 18.0. The highest BCUT2D eigenvalue weighted by molar-refractivity contribution is 5.50. The number of benzene rings is 3. The Morgan fingerprint density at radius 1 is 0.692 bits per heavy atom. The summed E-state index contributed by atoms with van der Waals surface area (Å²) in [5, 5.41) is 0. The van der Waals surface area contributed by atoms with E-state index in [1.165, 1.54) is 24.3 Å². The maximum atomic E-state index is 14.1. The molecule has 0 bridgehead atoms. The van der Waals surface area contributed by atoms with Gasteiger partial charge in [-0.25, -0.2) is 13.8 Å². The number of imidazole rings is 1. The first-order valence-corrected chi connectivity index (χ1v) is 8.27. The molecule has 0 fully saturated rings. The van der Waals surface area contributed by atoms with Gasteiger partial charge in [-0.3, -0.25) is 0 Å². The van der Waals surface area contributed by atoms with Crippen molar-refractivity contribution >= 4 is 0 Å². The minimum absolute atomic E-state index is 0.319. The molecule has 3 aromatic carbocycles. The van der Waals surface area contributed by atoms with Crippen LogP contribution in [0, 0.1) is 11.6 Å². The third-order valence-corrected chi connectivity index (χ3v) is 4.59. The molecule has 0 amide bonds. The molecule has 0 aliphatic heterocycles. The van der Waals surface area contributed by atoms with E-state index in [2.05, 4.69) is 4.98 Å². The van der Waals surface area contributed by atoms with E-state index in [9.17, 15) is 8.78 Å². The molecule has 4 rings (SSSR count). The maximum Gasteiger partial charge on any atom is 0.123 e. The molecule has 1 unspecified atom stereocenters. The average Bonchev–Trinajstić information content (AvgIpc) is 3.20. The summed E-state index contributed by atoms with van der Waals surface area (Å²) in [4.78, 5) is 4.20. The van der Waals surface area contributed by atoms with Crippen molar-refractivity contribution in [3.05, 3.63) is 126 Å². The van der Waals surface area contributed by atoms with Crippen LogP contribution in [0.2, 0.25) is 0 Å². The predicted molar refractivity (Wildman–Crippen MR) is 96.7 cm³/mol. The first kappa shape index (κ1) is 16.2. The van der Waals surface area contributed by atoms with Crippen molar-refractivity contribution in [2.75, 3.05) is 0 Å². The van der Waals surface area contributed by atoms with Crippen LogP contribution in [0.25, 0.3) is 0 Å². The second-order valence-corrected chi connectivity index (χ2v) is 6.06. The SMILES string of the molecule is Fc1ccc(C(c2ccccc2)(c2cccc(F)c2)n2ccnc2)cc1. The van der Waals surface area contributed by atoms with Gasteiger partial charge in [0.1, 0.15) is 17.2 Å². The van der Waals surface area contributed by atoms with Crippen LogP contribution in [0.1, 0.15) is 16.7 Å². The summed E-state index contributed by atoms with van der Waals surface area (Å²) in [6, 6.07) is 22.5. The van der Waals surface area contributed by atoms with E-state index >= 15 is 0 Å². The van der Waals surface area contributed by atoms with Gasteiger partial charge in [0, 0.05) is 12.4 Å². The lowest BCUT2D eigenvalue weighted by Gasteiger charge is -2.37. The summed E-state index contributed by atoms with van der Waals surface area (Å²) < 4.78 is 29.7. The molecule has 0 saturated carbocycles. The molecule has 0 saturated heterocycles. The molecule has 0 spiro atoms.